The maximum Gasteiger partial charge on any atom is 0.339 e. The quantitative estimate of drug-likeness (QED) is 0.804. The second kappa shape index (κ2) is 8.64. The Kier molecular flexibility index (Phi) is 6.55. The number of hydrogen-bond donors (Lipinski definition) is 1. The number of nitrogens with one attached hydrogen (secondary N) is 1. The van der Waals surface area contributed by atoms with Crippen molar-refractivity contribution >= 4 is 17.6 Å². The molecule has 1 aliphatic heterocycles. The van der Waals surface area contributed by atoms with Crippen molar-refractivity contribution in [3.05, 3.63) is 29.8 Å². The first-order chi connectivity index (χ1) is 11.1. The van der Waals surface area contributed by atoms with Gasteiger partial charge in [0.15, 0.2) is 0 Å². The van der Waals surface area contributed by atoms with Gasteiger partial charge in [0.2, 0.25) is 5.91 Å². The molecule has 1 amide bonds. The Morgan fingerprint density at radius 2 is 1.78 bits per heavy atom. The lowest BCUT2D eigenvalue weighted by molar-refractivity contribution is -0.116. The molecule has 6 heteroatoms. The van der Waals surface area contributed by atoms with Gasteiger partial charge in [0.25, 0.3) is 0 Å². The average molecular weight is 319 g/mol. The number of anilines is 1. The van der Waals surface area contributed by atoms with E-state index >= 15 is 0 Å². The van der Waals surface area contributed by atoms with Crippen LogP contribution in [0.2, 0.25) is 0 Å². The molecule has 1 fully saturated rings. The highest BCUT2D eigenvalue weighted by molar-refractivity contribution is 6.01. The van der Waals surface area contributed by atoms with Gasteiger partial charge in [-0.3, -0.25) is 4.79 Å². The fraction of sp³-hybridized carbons (Fsp3) is 0.529. The van der Waals surface area contributed by atoms with E-state index in [1.165, 1.54) is 7.11 Å². The summed E-state index contributed by atoms with van der Waals surface area (Å²) in [4.78, 5) is 28.5. The molecule has 1 saturated heterocycles. The third-order valence-corrected chi connectivity index (χ3v) is 4.17. The molecule has 1 aliphatic rings. The number of benzene rings is 1. The monoisotopic (exact) mass is 319 g/mol. The number of ether oxygens (including phenoxy) is 1. The molecule has 0 aromatic heterocycles. The van der Waals surface area contributed by atoms with E-state index in [-0.39, 0.29) is 5.91 Å². The second-order valence-corrected chi connectivity index (χ2v) is 5.61. The van der Waals surface area contributed by atoms with Crippen molar-refractivity contribution in [1.29, 1.82) is 0 Å². The zero-order valence-electron chi connectivity index (χ0n) is 13.9. The Balaban J connectivity index is 1.83. The number of rotatable bonds is 6. The minimum Gasteiger partial charge on any atom is -0.465 e. The zero-order chi connectivity index (χ0) is 16.7. The Bertz CT molecular complexity index is 540. The fourth-order valence-electron chi connectivity index (χ4n) is 2.68. The van der Waals surface area contributed by atoms with E-state index in [0.29, 0.717) is 17.7 Å². The van der Waals surface area contributed by atoms with Crippen LogP contribution in [0.15, 0.2) is 24.3 Å². The molecular formula is C17H25N3O3. The molecule has 0 atom stereocenters. The van der Waals surface area contributed by atoms with E-state index in [2.05, 4.69) is 22.0 Å². The minimum absolute atomic E-state index is 0.0840. The smallest absolute Gasteiger partial charge is 0.339 e. The first kappa shape index (κ1) is 17.4. The predicted molar refractivity (Wildman–Crippen MR) is 89.6 cm³/mol. The predicted octanol–water partition coefficient (Wildman–Crippen LogP) is 1.44. The van der Waals surface area contributed by atoms with Gasteiger partial charge in [0, 0.05) is 39.1 Å². The summed E-state index contributed by atoms with van der Waals surface area (Å²) in [5.41, 5.74) is 0.875. The number of hydrogen-bond acceptors (Lipinski definition) is 5. The first-order valence-electron chi connectivity index (χ1n) is 8.06. The fourth-order valence-corrected chi connectivity index (χ4v) is 2.68. The van der Waals surface area contributed by atoms with Crippen molar-refractivity contribution in [2.24, 2.45) is 0 Å². The molecule has 2 rings (SSSR count). The molecule has 1 aromatic carbocycles. The summed E-state index contributed by atoms with van der Waals surface area (Å²) in [6.45, 7) is 8.11. The van der Waals surface area contributed by atoms with Crippen molar-refractivity contribution in [3.63, 3.8) is 0 Å². The first-order valence-corrected chi connectivity index (χ1v) is 8.06. The van der Waals surface area contributed by atoms with Gasteiger partial charge >= 0.3 is 5.97 Å². The maximum atomic E-state index is 12.1. The molecule has 6 nitrogen and oxygen atoms in total. The number of carbonyl (C=O) groups is 2. The number of piperazine rings is 1. The molecule has 1 aromatic rings. The van der Waals surface area contributed by atoms with Crippen molar-refractivity contribution < 1.29 is 14.3 Å². The van der Waals surface area contributed by atoms with E-state index in [4.69, 9.17) is 4.74 Å². The van der Waals surface area contributed by atoms with Crippen molar-refractivity contribution in [2.45, 2.75) is 13.3 Å². The van der Waals surface area contributed by atoms with Crippen LogP contribution >= 0.6 is 0 Å². The standard InChI is InChI=1S/C17H25N3O3/c1-3-19-10-12-20(13-11-19)9-8-16(21)18-15-7-5-4-6-14(15)17(22)23-2/h4-7H,3,8-13H2,1-2H3,(H,18,21). The van der Waals surface area contributed by atoms with E-state index in [0.717, 1.165) is 39.3 Å². The zero-order valence-corrected chi connectivity index (χ0v) is 13.9. The SMILES string of the molecule is CCN1CCN(CCC(=O)Nc2ccccc2C(=O)OC)CC1. The summed E-state index contributed by atoms with van der Waals surface area (Å²) in [6.07, 6.45) is 0.418. The Morgan fingerprint density at radius 3 is 2.43 bits per heavy atom. The highest BCUT2D eigenvalue weighted by Crippen LogP contribution is 2.16. The van der Waals surface area contributed by atoms with E-state index < -0.39 is 5.97 Å². The van der Waals surface area contributed by atoms with Crippen LogP contribution in [-0.4, -0.2) is 68.1 Å². The molecule has 126 valence electrons. The second-order valence-electron chi connectivity index (χ2n) is 5.61. The molecule has 1 heterocycles. The van der Waals surface area contributed by atoms with Crippen molar-refractivity contribution in [1.82, 2.24) is 9.80 Å². The molecule has 0 aliphatic carbocycles. The number of likely N-dealkylation sites (N-methyl/N-ethyl adjacent to an activating group) is 1. The third kappa shape index (κ3) is 5.04. The third-order valence-electron chi connectivity index (χ3n) is 4.17. The van der Waals surface area contributed by atoms with Gasteiger partial charge in [0.05, 0.1) is 18.4 Å². The van der Waals surface area contributed by atoms with Gasteiger partial charge in [-0.05, 0) is 18.7 Å². The van der Waals surface area contributed by atoms with Crippen LogP contribution in [0.4, 0.5) is 5.69 Å². The number of nitrogens with zero attached hydrogens (tertiary/aromatic N) is 2. The van der Waals surface area contributed by atoms with Gasteiger partial charge in [0.1, 0.15) is 0 Å². The molecule has 1 N–H and O–H groups in total. The summed E-state index contributed by atoms with van der Waals surface area (Å²) in [5, 5.41) is 2.81. The lowest BCUT2D eigenvalue weighted by Gasteiger charge is -2.33. The largest absolute Gasteiger partial charge is 0.465 e. The highest BCUT2D eigenvalue weighted by Gasteiger charge is 2.17. The lowest BCUT2D eigenvalue weighted by atomic mass is 10.1. The summed E-state index contributed by atoms with van der Waals surface area (Å²) in [7, 11) is 1.33. The Hall–Kier alpha value is -1.92. The van der Waals surface area contributed by atoms with Crippen LogP contribution in [0.1, 0.15) is 23.7 Å². The maximum absolute atomic E-state index is 12.1. The minimum atomic E-state index is -0.448. The number of amides is 1. The van der Waals surface area contributed by atoms with Crippen LogP contribution in [0.3, 0.4) is 0 Å². The summed E-state index contributed by atoms with van der Waals surface area (Å²) >= 11 is 0. The van der Waals surface area contributed by atoms with Crippen molar-refractivity contribution in [2.75, 3.05) is 51.7 Å². The van der Waals surface area contributed by atoms with E-state index in [9.17, 15) is 9.59 Å². The Morgan fingerprint density at radius 1 is 1.13 bits per heavy atom. The van der Waals surface area contributed by atoms with Crippen LogP contribution < -0.4 is 5.32 Å². The number of methoxy groups -OCH3 is 1. The van der Waals surface area contributed by atoms with E-state index in [1.807, 2.05) is 0 Å². The number of para-hydroxylation sites is 1. The molecule has 0 saturated carbocycles. The summed E-state index contributed by atoms with van der Waals surface area (Å²) < 4.78 is 4.73. The molecule has 0 bridgehead atoms. The van der Waals surface area contributed by atoms with Crippen LogP contribution in [0.5, 0.6) is 0 Å². The van der Waals surface area contributed by atoms with Gasteiger partial charge in [-0.2, -0.15) is 0 Å². The van der Waals surface area contributed by atoms with Gasteiger partial charge in [-0.1, -0.05) is 19.1 Å². The number of esters is 1. The van der Waals surface area contributed by atoms with Crippen molar-refractivity contribution in [3.8, 4) is 0 Å². The molecule has 23 heavy (non-hydrogen) atoms. The summed E-state index contributed by atoms with van der Waals surface area (Å²) in [6, 6.07) is 6.89. The normalized spacial score (nSPS) is 16.1. The topological polar surface area (TPSA) is 61.9 Å². The molecule has 0 unspecified atom stereocenters. The summed E-state index contributed by atoms with van der Waals surface area (Å²) in [5.74, 6) is -0.532. The van der Waals surface area contributed by atoms with Gasteiger partial charge in [-0.15, -0.1) is 0 Å². The molecular weight excluding hydrogens is 294 g/mol. The number of carbonyl (C=O) groups excluding carboxylic acids is 2. The molecule has 0 spiro atoms. The van der Waals surface area contributed by atoms with Gasteiger partial charge in [-0.25, -0.2) is 4.79 Å². The van der Waals surface area contributed by atoms with Crippen LogP contribution in [-0.2, 0) is 9.53 Å². The average Bonchev–Trinajstić information content (AvgIpc) is 2.60. The van der Waals surface area contributed by atoms with E-state index in [1.54, 1.807) is 24.3 Å². The van der Waals surface area contributed by atoms with Crippen LogP contribution in [0, 0.1) is 0 Å². The highest BCUT2D eigenvalue weighted by atomic mass is 16.5. The van der Waals surface area contributed by atoms with Crippen LogP contribution in [0.25, 0.3) is 0 Å². The lowest BCUT2D eigenvalue weighted by Crippen LogP contribution is -2.46. The molecule has 0 radical (unpaired) electrons. The van der Waals surface area contributed by atoms with Gasteiger partial charge < -0.3 is 19.9 Å². The Labute approximate surface area is 137 Å².